The third kappa shape index (κ3) is 4.11. The Hall–Kier alpha value is -3.95. The number of hydrogen-bond acceptors (Lipinski definition) is 10. The van der Waals surface area contributed by atoms with Gasteiger partial charge >= 0.3 is 12.1 Å². The largest absolute Gasteiger partial charge is 0.481 e. The van der Waals surface area contributed by atoms with E-state index in [1.54, 1.807) is 0 Å². The third-order valence-electron chi connectivity index (χ3n) is 4.99. The molecule has 3 heterocycles. The topological polar surface area (TPSA) is 153 Å². The number of nitrogens with zero attached hydrogens (tertiary/aromatic N) is 3. The molecule has 1 fully saturated rings. The fourth-order valence-electron chi connectivity index (χ4n) is 3.02. The molecule has 4 N–H and O–H groups in total. The fourth-order valence-corrected chi connectivity index (χ4v) is 5.23. The van der Waals surface area contributed by atoms with Gasteiger partial charge in [-0.1, -0.05) is 46.8 Å². The van der Waals surface area contributed by atoms with Crippen molar-refractivity contribution in [3.8, 4) is 11.8 Å². The monoisotopic (exact) mass is 481 g/mol. The van der Waals surface area contributed by atoms with Crippen molar-refractivity contribution >= 4 is 55.9 Å². The number of benzene rings is 1. The first kappa shape index (κ1) is 20.9. The predicted molar refractivity (Wildman–Crippen MR) is 121 cm³/mol. The second-order valence-corrected chi connectivity index (χ2v) is 9.50. The lowest BCUT2D eigenvalue weighted by Gasteiger charge is -2.05. The molecule has 12 heteroatoms. The number of fused-ring (bicyclic) bond motifs is 1. The highest BCUT2D eigenvalue weighted by Crippen LogP contribution is 2.51. The van der Waals surface area contributed by atoms with E-state index < -0.39 is 17.5 Å². The van der Waals surface area contributed by atoms with E-state index in [4.69, 9.17) is 15.0 Å². The first-order valence-corrected chi connectivity index (χ1v) is 11.3. The van der Waals surface area contributed by atoms with Crippen molar-refractivity contribution in [2.45, 2.75) is 24.9 Å². The quantitative estimate of drug-likeness (QED) is 0.363. The van der Waals surface area contributed by atoms with Gasteiger partial charge in [-0.25, -0.2) is 14.8 Å². The van der Waals surface area contributed by atoms with Gasteiger partial charge in [0.15, 0.2) is 16.5 Å². The number of aliphatic carboxylic acids is 1. The number of ether oxygens (including phenoxy) is 1. The summed E-state index contributed by atoms with van der Waals surface area (Å²) in [4.78, 5) is 32.4. The molecule has 1 amide bonds. The fraction of sp³-hybridized carbons (Fsp3) is 0.190. The summed E-state index contributed by atoms with van der Waals surface area (Å²) in [6, 6.07) is 9.23. The van der Waals surface area contributed by atoms with Crippen molar-refractivity contribution in [1.82, 2.24) is 15.1 Å². The first-order valence-electron chi connectivity index (χ1n) is 9.71. The third-order valence-corrected chi connectivity index (χ3v) is 7.28. The molecular weight excluding hydrogens is 466 g/mol. The molecule has 0 spiro atoms. The zero-order chi connectivity index (χ0) is 23.0. The summed E-state index contributed by atoms with van der Waals surface area (Å²) in [6.07, 6.45) is 0.453. The molecule has 1 aromatic carbocycles. The Morgan fingerprint density at radius 1 is 1.21 bits per heavy atom. The standard InChI is InChI=1S/C21H15N5O5S2/c22-15-14(24-20(29)30-10-11-4-2-1-3-5-11)12(31-26-15)6-7-13-23-16-17(32-13)33-18(25-16)21(8-9-21)19(27)28/h1-5H,8-10H2,(H2,22,26)(H,24,29)(H,27,28). The van der Waals surface area contributed by atoms with Crippen LogP contribution in [0.1, 0.15) is 34.2 Å². The lowest BCUT2D eigenvalue weighted by molar-refractivity contribution is -0.140. The maximum atomic E-state index is 12.1. The molecule has 4 aromatic rings. The summed E-state index contributed by atoms with van der Waals surface area (Å²) in [5.41, 5.74) is 6.34. The number of nitrogens with one attached hydrogen (secondary N) is 1. The molecule has 5 rings (SSSR count). The van der Waals surface area contributed by atoms with Crippen LogP contribution in [0.2, 0.25) is 0 Å². The summed E-state index contributed by atoms with van der Waals surface area (Å²) in [7, 11) is 0. The molecular formula is C21H15N5O5S2. The van der Waals surface area contributed by atoms with E-state index in [2.05, 4.69) is 32.3 Å². The minimum Gasteiger partial charge on any atom is -0.481 e. The number of carboxylic acid groups (broad SMARTS) is 1. The van der Waals surface area contributed by atoms with Crippen molar-refractivity contribution in [2.75, 3.05) is 11.1 Å². The highest BCUT2D eigenvalue weighted by molar-refractivity contribution is 7.38. The number of anilines is 2. The number of carbonyl (C=O) groups excluding carboxylic acids is 1. The Morgan fingerprint density at radius 3 is 2.70 bits per heavy atom. The molecule has 0 atom stereocenters. The van der Waals surface area contributed by atoms with E-state index in [-0.39, 0.29) is 23.9 Å². The van der Waals surface area contributed by atoms with Crippen LogP contribution in [0.3, 0.4) is 0 Å². The van der Waals surface area contributed by atoms with Gasteiger partial charge in [-0.05, 0) is 30.2 Å². The number of aromatic nitrogens is 3. The lowest BCUT2D eigenvalue weighted by atomic mass is 10.1. The van der Waals surface area contributed by atoms with Crippen LogP contribution in [0.15, 0.2) is 34.9 Å². The number of carbonyl (C=O) groups is 2. The molecule has 0 aliphatic heterocycles. The number of nitrogens with two attached hydrogens (primary N) is 1. The number of thiazole rings is 2. The van der Waals surface area contributed by atoms with Gasteiger partial charge in [0.2, 0.25) is 5.76 Å². The van der Waals surface area contributed by atoms with Crippen molar-refractivity contribution in [3.05, 3.63) is 51.7 Å². The average Bonchev–Trinajstić information content (AvgIpc) is 3.24. The van der Waals surface area contributed by atoms with Gasteiger partial charge in [-0.15, -0.1) is 11.3 Å². The predicted octanol–water partition coefficient (Wildman–Crippen LogP) is 3.59. The Bertz CT molecular complexity index is 1390. The molecule has 166 valence electrons. The van der Waals surface area contributed by atoms with Crippen LogP contribution in [0.5, 0.6) is 0 Å². The van der Waals surface area contributed by atoms with Crippen LogP contribution in [0.25, 0.3) is 9.66 Å². The molecule has 3 aromatic heterocycles. The summed E-state index contributed by atoms with van der Waals surface area (Å²) in [5.74, 6) is 4.77. The van der Waals surface area contributed by atoms with Crippen LogP contribution >= 0.6 is 22.7 Å². The Labute approximate surface area is 194 Å². The van der Waals surface area contributed by atoms with Crippen LogP contribution in [0, 0.1) is 11.8 Å². The molecule has 33 heavy (non-hydrogen) atoms. The molecule has 0 bridgehead atoms. The Morgan fingerprint density at radius 2 is 2.00 bits per heavy atom. The summed E-state index contributed by atoms with van der Waals surface area (Å²) in [5, 5.41) is 16.6. The van der Waals surface area contributed by atoms with Gasteiger partial charge in [-0.2, -0.15) is 0 Å². The summed E-state index contributed by atoms with van der Waals surface area (Å²) < 4.78 is 11.1. The number of hydrogen-bond donors (Lipinski definition) is 3. The number of carboxylic acids is 1. The normalized spacial score (nSPS) is 13.8. The summed E-state index contributed by atoms with van der Waals surface area (Å²) in [6.45, 7) is 0.0902. The number of amides is 1. The highest BCUT2D eigenvalue weighted by Gasteiger charge is 2.54. The van der Waals surface area contributed by atoms with E-state index in [9.17, 15) is 14.7 Å². The zero-order valence-electron chi connectivity index (χ0n) is 16.8. The molecule has 0 radical (unpaired) electrons. The second kappa shape index (κ2) is 8.19. The van der Waals surface area contributed by atoms with Crippen molar-refractivity contribution in [2.24, 2.45) is 0 Å². The van der Waals surface area contributed by atoms with Crippen molar-refractivity contribution < 1.29 is 24.0 Å². The lowest BCUT2D eigenvalue weighted by Crippen LogP contribution is -2.18. The molecule has 1 aliphatic carbocycles. The van der Waals surface area contributed by atoms with E-state index in [0.717, 1.165) is 9.58 Å². The van der Waals surface area contributed by atoms with Crippen molar-refractivity contribution in [1.29, 1.82) is 0 Å². The molecule has 1 aliphatic rings. The Kier molecular flexibility index (Phi) is 5.20. The molecule has 1 saturated carbocycles. The van der Waals surface area contributed by atoms with E-state index in [0.29, 0.717) is 28.5 Å². The van der Waals surface area contributed by atoms with Gasteiger partial charge in [0.25, 0.3) is 0 Å². The first-order chi connectivity index (χ1) is 15.9. The highest BCUT2D eigenvalue weighted by atomic mass is 32.2. The zero-order valence-corrected chi connectivity index (χ0v) is 18.5. The van der Waals surface area contributed by atoms with Crippen molar-refractivity contribution in [3.63, 3.8) is 0 Å². The smallest absolute Gasteiger partial charge is 0.412 e. The van der Waals surface area contributed by atoms with E-state index >= 15 is 0 Å². The number of rotatable bonds is 5. The summed E-state index contributed by atoms with van der Waals surface area (Å²) >= 11 is 2.62. The molecule has 0 unspecified atom stereocenters. The molecule has 0 saturated heterocycles. The van der Waals surface area contributed by atoms with E-state index in [1.165, 1.54) is 22.7 Å². The van der Waals surface area contributed by atoms with Gasteiger partial charge in [0.05, 0.1) is 0 Å². The van der Waals surface area contributed by atoms with Crippen LogP contribution in [-0.2, 0) is 21.6 Å². The second-order valence-electron chi connectivity index (χ2n) is 7.25. The van der Waals surface area contributed by atoms with E-state index in [1.807, 2.05) is 30.3 Å². The van der Waals surface area contributed by atoms with Crippen LogP contribution < -0.4 is 11.1 Å². The minimum absolute atomic E-state index is 0.0363. The maximum Gasteiger partial charge on any atom is 0.412 e. The average molecular weight is 482 g/mol. The molecule has 10 nitrogen and oxygen atoms in total. The van der Waals surface area contributed by atoms with Gasteiger partial charge in [0, 0.05) is 0 Å². The SMILES string of the molecule is Nc1noc(C#Cc2nc3nc(C4(C(=O)O)CC4)sc3s2)c1NC(=O)OCc1ccccc1. The minimum atomic E-state index is -0.857. The number of nitrogen functional groups attached to an aromatic ring is 1. The van der Waals surface area contributed by atoms with Gasteiger partial charge in [-0.3, -0.25) is 10.1 Å². The van der Waals surface area contributed by atoms with Gasteiger partial charge < -0.3 is 20.1 Å². The van der Waals surface area contributed by atoms with Gasteiger partial charge in [0.1, 0.15) is 26.7 Å². The Balaban J connectivity index is 1.29. The van der Waals surface area contributed by atoms with Crippen LogP contribution in [0.4, 0.5) is 16.3 Å². The van der Waals surface area contributed by atoms with Crippen LogP contribution in [-0.4, -0.2) is 32.3 Å². The maximum absolute atomic E-state index is 12.1.